The molecule has 1 fully saturated rings. The van der Waals surface area contributed by atoms with Gasteiger partial charge in [0.05, 0.1) is 12.1 Å². The fourth-order valence-electron chi connectivity index (χ4n) is 7.62. The molecule has 0 aromatic heterocycles. The number of amides is 1. The van der Waals surface area contributed by atoms with Gasteiger partial charge in [0.15, 0.2) is 0 Å². The van der Waals surface area contributed by atoms with E-state index in [4.69, 9.17) is 9.16 Å². The molecule has 8 heteroatoms. The third-order valence-corrected chi connectivity index (χ3v) is 15.3. The zero-order valence-electron chi connectivity index (χ0n) is 31.0. The van der Waals surface area contributed by atoms with Gasteiger partial charge in [-0.25, -0.2) is 4.79 Å². The fourth-order valence-corrected chi connectivity index (χ4v) is 12.2. The van der Waals surface area contributed by atoms with Gasteiger partial charge < -0.3 is 9.16 Å². The molecule has 0 spiro atoms. The molecule has 4 rings (SSSR count). The molecule has 0 bridgehead atoms. The molecule has 3 atom stereocenters. The molecule has 1 aliphatic rings. The molecule has 0 aliphatic carbocycles. The molecular weight excluding hydrogens is 637 g/mol. The number of hydrogen-bond donors (Lipinski definition) is 0. The van der Waals surface area contributed by atoms with Gasteiger partial charge in [-0.3, -0.25) is 4.90 Å². The van der Waals surface area contributed by atoms with Crippen molar-refractivity contribution in [2.75, 3.05) is 6.61 Å². The van der Waals surface area contributed by atoms with Crippen LogP contribution in [0, 0.1) is 0 Å². The van der Waals surface area contributed by atoms with Crippen molar-refractivity contribution < 1.29 is 14.0 Å². The van der Waals surface area contributed by atoms with E-state index < -0.39 is 20.5 Å². The summed E-state index contributed by atoms with van der Waals surface area (Å²) in [6.07, 6.45) is 15.1. The average Bonchev–Trinajstić information content (AvgIpc) is 3.43. The molecule has 1 aliphatic heterocycles. The first kappa shape index (κ1) is 39.2. The first-order chi connectivity index (χ1) is 24.3. The van der Waals surface area contributed by atoms with Crippen LogP contribution in [0.2, 0.25) is 5.04 Å². The standard InChI is InChI=1S/C42H60N4O3Si/c1-5-6-7-8-9-10-11-12-13-14-15-25-32-39-40(49-41(47)46(39)33-35-26-19-16-20-27-35)38(44-45-43)34-48-50(42(2,3)4,36-28-21-17-22-29-36)37-30-23-18-24-31-37/h16-24,26-31,38-40H,5-15,25,32-34H2,1-4H3/t38-,39+,40+/m1/s1. The Kier molecular flexibility index (Phi) is 15.9. The third kappa shape index (κ3) is 10.7. The minimum absolute atomic E-state index is 0.156. The third-order valence-electron chi connectivity index (χ3n) is 10.3. The highest BCUT2D eigenvalue weighted by Gasteiger charge is 2.52. The molecule has 7 nitrogen and oxygen atoms in total. The minimum atomic E-state index is -2.91. The predicted molar refractivity (Wildman–Crippen MR) is 208 cm³/mol. The van der Waals surface area contributed by atoms with Crippen LogP contribution in [-0.4, -0.2) is 44.1 Å². The van der Waals surface area contributed by atoms with Gasteiger partial charge in [-0.1, -0.05) is 201 Å². The number of unbranched alkanes of at least 4 members (excludes halogenated alkanes) is 11. The van der Waals surface area contributed by atoms with Crippen molar-refractivity contribution in [2.24, 2.45) is 5.11 Å². The summed E-state index contributed by atoms with van der Waals surface area (Å²) in [5.74, 6) is 0. The van der Waals surface area contributed by atoms with E-state index in [0.717, 1.165) is 35.2 Å². The van der Waals surface area contributed by atoms with Crippen LogP contribution >= 0.6 is 0 Å². The highest BCUT2D eigenvalue weighted by molar-refractivity contribution is 6.99. The lowest BCUT2D eigenvalue weighted by Crippen LogP contribution is -2.67. The summed E-state index contributed by atoms with van der Waals surface area (Å²) in [6.45, 7) is 9.57. The lowest BCUT2D eigenvalue weighted by atomic mass is 9.96. The average molecular weight is 697 g/mol. The Labute approximate surface area is 302 Å². The number of cyclic esters (lactones) is 1. The fraction of sp³-hybridized carbons (Fsp3) is 0.548. The highest BCUT2D eigenvalue weighted by atomic mass is 28.4. The van der Waals surface area contributed by atoms with Gasteiger partial charge in [0.2, 0.25) is 0 Å². The Bertz CT molecular complexity index is 1400. The smallest absolute Gasteiger partial charge is 0.410 e. The summed E-state index contributed by atoms with van der Waals surface area (Å²) in [7, 11) is -2.91. The largest absolute Gasteiger partial charge is 0.443 e. The molecule has 270 valence electrons. The summed E-state index contributed by atoms with van der Waals surface area (Å²) < 4.78 is 13.4. The van der Waals surface area contributed by atoms with Crippen molar-refractivity contribution in [1.82, 2.24) is 4.90 Å². The van der Waals surface area contributed by atoms with E-state index in [9.17, 15) is 10.3 Å². The van der Waals surface area contributed by atoms with Crippen LogP contribution in [-0.2, 0) is 15.7 Å². The van der Waals surface area contributed by atoms with Crippen LogP contribution < -0.4 is 10.4 Å². The zero-order valence-corrected chi connectivity index (χ0v) is 32.0. The van der Waals surface area contributed by atoms with Crippen LogP contribution in [0.1, 0.15) is 117 Å². The monoisotopic (exact) mass is 696 g/mol. The molecule has 3 aromatic rings. The van der Waals surface area contributed by atoms with E-state index >= 15 is 0 Å². The van der Waals surface area contributed by atoms with Gasteiger partial charge >= 0.3 is 6.09 Å². The number of azide groups is 1. The number of hydrogen-bond acceptors (Lipinski definition) is 4. The number of rotatable bonds is 22. The Morgan fingerprint density at radius 3 is 1.74 bits per heavy atom. The van der Waals surface area contributed by atoms with E-state index in [2.05, 4.69) is 86.3 Å². The van der Waals surface area contributed by atoms with Gasteiger partial charge in [0.1, 0.15) is 6.10 Å². The number of benzene rings is 3. The lowest BCUT2D eigenvalue weighted by molar-refractivity contribution is 0.0940. The molecular formula is C42H60N4O3Si. The highest BCUT2D eigenvalue weighted by Crippen LogP contribution is 2.38. The van der Waals surface area contributed by atoms with Gasteiger partial charge in [-0.15, -0.1) is 0 Å². The Morgan fingerprint density at radius 1 is 0.780 bits per heavy atom. The van der Waals surface area contributed by atoms with E-state index in [-0.39, 0.29) is 23.8 Å². The normalized spacial score (nSPS) is 17.0. The van der Waals surface area contributed by atoms with Crippen molar-refractivity contribution in [3.05, 3.63) is 107 Å². The van der Waals surface area contributed by atoms with Crippen LogP contribution in [0.4, 0.5) is 4.79 Å². The summed E-state index contributed by atoms with van der Waals surface area (Å²) in [4.78, 5) is 18.7. The van der Waals surface area contributed by atoms with Gasteiger partial charge in [0, 0.05) is 18.1 Å². The Hall–Kier alpha value is -3.58. The van der Waals surface area contributed by atoms with E-state index in [0.29, 0.717) is 6.54 Å². The molecule has 1 heterocycles. The first-order valence-electron chi connectivity index (χ1n) is 19.1. The molecule has 1 amide bonds. The number of carbonyl (C=O) groups is 1. The van der Waals surface area contributed by atoms with Gasteiger partial charge in [-0.05, 0) is 32.9 Å². The second-order valence-electron chi connectivity index (χ2n) is 15.0. The molecule has 0 N–H and O–H groups in total. The number of carbonyl (C=O) groups excluding carboxylic acids is 1. The van der Waals surface area contributed by atoms with Gasteiger partial charge in [0.25, 0.3) is 8.32 Å². The van der Waals surface area contributed by atoms with Gasteiger partial charge in [-0.2, -0.15) is 0 Å². The molecule has 0 saturated carbocycles. The van der Waals surface area contributed by atoms with Crippen LogP contribution in [0.25, 0.3) is 10.4 Å². The number of nitrogens with zero attached hydrogens (tertiary/aromatic N) is 4. The molecule has 0 unspecified atom stereocenters. The van der Waals surface area contributed by atoms with Crippen molar-refractivity contribution in [3.63, 3.8) is 0 Å². The summed E-state index contributed by atoms with van der Waals surface area (Å²) in [6, 6.07) is 30.1. The van der Waals surface area contributed by atoms with Crippen molar-refractivity contribution in [2.45, 2.75) is 141 Å². The second-order valence-corrected chi connectivity index (χ2v) is 19.3. The number of ether oxygens (including phenoxy) is 1. The lowest BCUT2D eigenvalue weighted by Gasteiger charge is -2.43. The predicted octanol–water partition coefficient (Wildman–Crippen LogP) is 10.7. The maximum atomic E-state index is 13.6. The van der Waals surface area contributed by atoms with Crippen molar-refractivity contribution in [3.8, 4) is 0 Å². The summed E-state index contributed by atoms with van der Waals surface area (Å²) in [5.41, 5.74) is 10.9. The first-order valence-corrected chi connectivity index (χ1v) is 21.0. The molecule has 1 saturated heterocycles. The summed E-state index contributed by atoms with van der Waals surface area (Å²) in [5, 5.41) is 6.36. The SMILES string of the molecule is CCCCCCCCCCCCCC[C@H]1[C@H]([C@@H](CO[Si](c2ccccc2)(c2ccccc2)C(C)(C)C)N=[N+]=[N-])OC(=O)N1Cc1ccccc1. The van der Waals surface area contributed by atoms with Crippen molar-refractivity contribution in [1.29, 1.82) is 0 Å². The van der Waals surface area contributed by atoms with Crippen molar-refractivity contribution >= 4 is 24.8 Å². The van der Waals surface area contributed by atoms with Crippen LogP contribution in [0.5, 0.6) is 0 Å². The maximum absolute atomic E-state index is 13.6. The van der Waals surface area contributed by atoms with E-state index in [1.807, 2.05) is 47.4 Å². The topological polar surface area (TPSA) is 87.5 Å². The molecule has 3 aromatic carbocycles. The second kappa shape index (κ2) is 20.3. The Balaban J connectivity index is 1.50. The van der Waals surface area contributed by atoms with Crippen LogP contribution in [0.3, 0.4) is 0 Å². The molecule has 50 heavy (non-hydrogen) atoms. The minimum Gasteiger partial charge on any atom is -0.443 e. The van der Waals surface area contributed by atoms with E-state index in [1.165, 1.54) is 64.2 Å². The maximum Gasteiger partial charge on any atom is 0.410 e. The van der Waals surface area contributed by atoms with E-state index in [1.54, 1.807) is 0 Å². The summed E-state index contributed by atoms with van der Waals surface area (Å²) >= 11 is 0. The zero-order chi connectivity index (χ0) is 35.7. The Morgan fingerprint density at radius 2 is 1.26 bits per heavy atom. The van der Waals surface area contributed by atoms with Crippen LogP contribution in [0.15, 0.2) is 96.1 Å². The molecule has 0 radical (unpaired) electrons. The quantitative estimate of drug-likeness (QED) is 0.0344.